The lowest BCUT2D eigenvalue weighted by Gasteiger charge is -2.04. The first-order valence-electron chi connectivity index (χ1n) is 5.57. The van der Waals surface area contributed by atoms with Gasteiger partial charge in [-0.3, -0.25) is 4.72 Å². The number of rotatable bonds is 4. The van der Waals surface area contributed by atoms with Gasteiger partial charge in [-0.25, -0.2) is 8.42 Å². The summed E-state index contributed by atoms with van der Waals surface area (Å²) in [6.07, 6.45) is 1.56. The summed E-state index contributed by atoms with van der Waals surface area (Å²) in [4.78, 5) is 0. The highest BCUT2D eigenvalue weighted by Gasteiger charge is 2.04. The molecule has 0 atom stereocenters. The zero-order chi connectivity index (χ0) is 13.7. The molecule has 0 unspecified atom stereocenters. The molecule has 3 nitrogen and oxygen atoms in total. The van der Waals surface area contributed by atoms with Crippen molar-refractivity contribution in [1.82, 2.24) is 0 Å². The van der Waals surface area contributed by atoms with Crippen LogP contribution < -0.4 is 4.72 Å². The Balaban J connectivity index is 2.11. The number of halogens is 1. The van der Waals surface area contributed by atoms with Crippen LogP contribution in [-0.4, -0.2) is 8.42 Å². The molecule has 0 aliphatic carbocycles. The lowest BCUT2D eigenvalue weighted by atomic mass is 10.2. The van der Waals surface area contributed by atoms with Crippen molar-refractivity contribution in [2.75, 3.05) is 4.72 Å². The predicted octanol–water partition coefficient (Wildman–Crippen LogP) is 3.70. The topological polar surface area (TPSA) is 46.2 Å². The lowest BCUT2D eigenvalue weighted by Crippen LogP contribution is -2.08. The van der Waals surface area contributed by atoms with Crippen molar-refractivity contribution in [1.29, 1.82) is 0 Å². The van der Waals surface area contributed by atoms with E-state index in [2.05, 4.69) is 27.3 Å². The van der Waals surface area contributed by atoms with Gasteiger partial charge in [0.1, 0.15) is 0 Å². The third kappa shape index (κ3) is 4.68. The number of hydrogen-bond donors (Lipinski definition) is 1. The molecule has 2 rings (SSSR count). The molecule has 0 radical (unpaired) electrons. The number of hydrogen-bond acceptors (Lipinski definition) is 2. The molecule has 0 aliphatic heterocycles. The van der Waals surface area contributed by atoms with Gasteiger partial charge in [-0.1, -0.05) is 30.3 Å². The molecule has 0 spiro atoms. The van der Waals surface area contributed by atoms with Crippen molar-refractivity contribution in [3.05, 3.63) is 69.1 Å². The molecule has 19 heavy (non-hydrogen) atoms. The summed E-state index contributed by atoms with van der Waals surface area (Å²) < 4.78 is 27.3. The maximum atomic E-state index is 11.9. The van der Waals surface area contributed by atoms with Gasteiger partial charge in [-0.15, -0.1) is 0 Å². The fraction of sp³-hybridized carbons (Fsp3) is 0. The van der Waals surface area contributed by atoms with Gasteiger partial charge < -0.3 is 0 Å². The minimum absolute atomic E-state index is 0.554. The monoisotopic (exact) mass is 385 g/mol. The molecule has 0 aliphatic rings. The van der Waals surface area contributed by atoms with E-state index in [1.165, 1.54) is 5.41 Å². The molecule has 0 bridgehead atoms. The van der Waals surface area contributed by atoms with Crippen LogP contribution in [0.2, 0.25) is 0 Å². The van der Waals surface area contributed by atoms with E-state index < -0.39 is 10.0 Å². The zero-order valence-electron chi connectivity index (χ0n) is 9.95. The SMILES string of the molecule is O=S(=O)(C=Cc1ccccc1)Nc1ccc(I)cc1. The van der Waals surface area contributed by atoms with Gasteiger partial charge in [-0.05, 0) is 58.5 Å². The van der Waals surface area contributed by atoms with Gasteiger partial charge in [0.2, 0.25) is 0 Å². The van der Waals surface area contributed by atoms with E-state index in [9.17, 15) is 8.42 Å². The van der Waals surface area contributed by atoms with Crippen LogP contribution in [-0.2, 0) is 10.0 Å². The standard InChI is InChI=1S/C14H12INO2S/c15-13-6-8-14(9-7-13)16-19(17,18)11-10-12-4-2-1-3-5-12/h1-11,16H. The molecule has 0 amide bonds. The van der Waals surface area contributed by atoms with Crippen molar-refractivity contribution < 1.29 is 8.42 Å². The second kappa shape index (κ2) is 6.21. The molecule has 0 saturated carbocycles. The third-order valence-electron chi connectivity index (χ3n) is 2.34. The quantitative estimate of drug-likeness (QED) is 0.816. The average Bonchev–Trinajstić information content (AvgIpc) is 2.40. The second-order valence-electron chi connectivity index (χ2n) is 3.87. The van der Waals surface area contributed by atoms with Crippen LogP contribution in [0.25, 0.3) is 6.08 Å². The lowest BCUT2D eigenvalue weighted by molar-refractivity contribution is 0.609. The largest absolute Gasteiger partial charge is 0.280 e. The molecule has 5 heteroatoms. The number of sulfonamides is 1. The van der Waals surface area contributed by atoms with E-state index in [1.807, 2.05) is 42.5 Å². The van der Waals surface area contributed by atoms with Crippen molar-refractivity contribution in [3.63, 3.8) is 0 Å². The summed E-state index contributed by atoms with van der Waals surface area (Å²) in [6, 6.07) is 16.4. The molecule has 0 fully saturated rings. The molecular weight excluding hydrogens is 373 g/mol. The molecule has 2 aromatic rings. The zero-order valence-corrected chi connectivity index (χ0v) is 12.9. The van der Waals surface area contributed by atoms with Gasteiger partial charge >= 0.3 is 0 Å². The maximum Gasteiger partial charge on any atom is 0.255 e. The first kappa shape index (κ1) is 14.1. The predicted molar refractivity (Wildman–Crippen MR) is 87.2 cm³/mol. The van der Waals surface area contributed by atoms with E-state index in [0.717, 1.165) is 9.13 Å². The van der Waals surface area contributed by atoms with E-state index in [0.29, 0.717) is 5.69 Å². The Bertz CT molecular complexity index is 664. The van der Waals surface area contributed by atoms with Crippen LogP contribution in [0.3, 0.4) is 0 Å². The summed E-state index contributed by atoms with van der Waals surface area (Å²) in [5, 5.41) is 1.17. The van der Waals surface area contributed by atoms with Crippen molar-refractivity contribution >= 4 is 44.4 Å². The van der Waals surface area contributed by atoms with Crippen molar-refractivity contribution in [2.45, 2.75) is 0 Å². The van der Waals surface area contributed by atoms with Gasteiger partial charge in [0, 0.05) is 9.26 Å². The Hall–Kier alpha value is -1.34. The maximum absolute atomic E-state index is 11.9. The van der Waals surface area contributed by atoms with Gasteiger partial charge in [0.25, 0.3) is 10.0 Å². The first-order chi connectivity index (χ1) is 9.05. The number of benzene rings is 2. The summed E-state index contributed by atoms with van der Waals surface area (Å²) in [6.45, 7) is 0. The third-order valence-corrected chi connectivity index (χ3v) is 4.08. The number of anilines is 1. The second-order valence-corrected chi connectivity index (χ2v) is 6.68. The summed E-state index contributed by atoms with van der Waals surface area (Å²) >= 11 is 2.17. The normalized spacial score (nSPS) is 11.6. The molecule has 0 heterocycles. The minimum Gasteiger partial charge on any atom is -0.280 e. The van der Waals surface area contributed by atoms with Crippen molar-refractivity contribution in [3.8, 4) is 0 Å². The fourth-order valence-corrected chi connectivity index (χ4v) is 2.68. The smallest absolute Gasteiger partial charge is 0.255 e. The highest BCUT2D eigenvalue weighted by molar-refractivity contribution is 14.1. The fourth-order valence-electron chi connectivity index (χ4n) is 1.45. The van der Waals surface area contributed by atoms with Crippen LogP contribution in [0.4, 0.5) is 5.69 Å². The van der Waals surface area contributed by atoms with Crippen LogP contribution in [0.1, 0.15) is 5.56 Å². The number of nitrogens with one attached hydrogen (secondary N) is 1. The molecule has 98 valence electrons. The Morgan fingerprint density at radius 3 is 2.21 bits per heavy atom. The van der Waals surface area contributed by atoms with Crippen LogP contribution in [0, 0.1) is 3.57 Å². The van der Waals surface area contributed by atoms with E-state index in [-0.39, 0.29) is 0 Å². The molecule has 1 N–H and O–H groups in total. The molecular formula is C14H12INO2S. The highest BCUT2D eigenvalue weighted by Crippen LogP contribution is 2.13. The average molecular weight is 385 g/mol. The van der Waals surface area contributed by atoms with Gasteiger partial charge in [-0.2, -0.15) is 0 Å². The van der Waals surface area contributed by atoms with Crippen LogP contribution in [0.15, 0.2) is 60.0 Å². The Morgan fingerprint density at radius 1 is 0.947 bits per heavy atom. The van der Waals surface area contributed by atoms with Gasteiger partial charge in [0.05, 0.1) is 5.41 Å². The summed E-state index contributed by atoms with van der Waals surface area (Å²) in [5.74, 6) is 0. The minimum atomic E-state index is -3.48. The Labute approximate surface area is 126 Å². The van der Waals surface area contributed by atoms with E-state index in [1.54, 1.807) is 18.2 Å². The Kier molecular flexibility index (Phi) is 4.60. The first-order valence-corrected chi connectivity index (χ1v) is 8.19. The van der Waals surface area contributed by atoms with Crippen LogP contribution in [0.5, 0.6) is 0 Å². The van der Waals surface area contributed by atoms with E-state index in [4.69, 9.17) is 0 Å². The summed E-state index contributed by atoms with van der Waals surface area (Å²) in [7, 11) is -3.48. The van der Waals surface area contributed by atoms with Crippen molar-refractivity contribution in [2.24, 2.45) is 0 Å². The molecule has 0 saturated heterocycles. The molecule has 0 aromatic heterocycles. The molecule has 2 aromatic carbocycles. The highest BCUT2D eigenvalue weighted by atomic mass is 127. The van der Waals surface area contributed by atoms with E-state index >= 15 is 0 Å². The summed E-state index contributed by atoms with van der Waals surface area (Å²) in [5.41, 5.74) is 1.40. The van der Waals surface area contributed by atoms with Crippen LogP contribution >= 0.6 is 22.6 Å². The Morgan fingerprint density at radius 2 is 1.58 bits per heavy atom. The van der Waals surface area contributed by atoms with Gasteiger partial charge in [0.15, 0.2) is 0 Å².